The Bertz CT molecular complexity index is 897. The average molecular weight is 364 g/mol. The molecule has 3 heterocycles. The van der Waals surface area contributed by atoms with Gasteiger partial charge in [-0.3, -0.25) is 14.4 Å². The topological polar surface area (TPSA) is 68.0 Å². The molecule has 0 radical (unpaired) electrons. The molecule has 27 heavy (non-hydrogen) atoms. The lowest BCUT2D eigenvalue weighted by Crippen LogP contribution is -2.33. The fourth-order valence-electron chi connectivity index (χ4n) is 3.35. The number of benzene rings is 1. The number of hydrogen-bond acceptors (Lipinski definition) is 4. The maximum Gasteiger partial charge on any atom is 0.220 e. The molecule has 0 saturated heterocycles. The quantitative estimate of drug-likeness (QED) is 0.727. The van der Waals surface area contributed by atoms with E-state index in [0.717, 1.165) is 37.6 Å². The van der Waals surface area contributed by atoms with Crippen molar-refractivity contribution < 1.29 is 4.79 Å². The van der Waals surface area contributed by atoms with Gasteiger partial charge in [0.2, 0.25) is 5.91 Å². The summed E-state index contributed by atoms with van der Waals surface area (Å²) in [6, 6.07) is 12.6. The van der Waals surface area contributed by atoms with Gasteiger partial charge in [0, 0.05) is 38.4 Å². The van der Waals surface area contributed by atoms with E-state index in [0.29, 0.717) is 13.0 Å². The summed E-state index contributed by atoms with van der Waals surface area (Å²) in [5, 5.41) is 11.8. The van der Waals surface area contributed by atoms with Crippen molar-refractivity contribution in [3.8, 4) is 5.69 Å². The molecule has 0 unspecified atom stereocenters. The molecule has 0 bridgehead atoms. The molecular weight excluding hydrogens is 340 g/mol. The van der Waals surface area contributed by atoms with Crippen molar-refractivity contribution in [3.63, 3.8) is 0 Å². The minimum absolute atomic E-state index is 0.0566. The zero-order valence-corrected chi connectivity index (χ0v) is 15.5. The summed E-state index contributed by atoms with van der Waals surface area (Å²) in [5.74, 6) is 0.0566. The third-order valence-electron chi connectivity index (χ3n) is 4.83. The minimum Gasteiger partial charge on any atom is -0.350 e. The van der Waals surface area contributed by atoms with E-state index in [4.69, 9.17) is 0 Å². The summed E-state index contributed by atoms with van der Waals surface area (Å²) in [6.45, 7) is 5.98. The molecule has 4 rings (SSSR count). The number of amides is 1. The van der Waals surface area contributed by atoms with Crippen LogP contribution in [0.3, 0.4) is 0 Å². The Balaban J connectivity index is 1.37. The van der Waals surface area contributed by atoms with Crippen molar-refractivity contribution in [1.29, 1.82) is 0 Å². The Morgan fingerprint density at radius 3 is 2.81 bits per heavy atom. The van der Waals surface area contributed by atoms with E-state index in [1.165, 1.54) is 11.3 Å². The van der Waals surface area contributed by atoms with Gasteiger partial charge in [-0.05, 0) is 29.8 Å². The normalized spacial score (nSPS) is 14.1. The highest BCUT2D eigenvalue weighted by atomic mass is 16.1. The first kappa shape index (κ1) is 17.5. The van der Waals surface area contributed by atoms with E-state index in [9.17, 15) is 4.79 Å². The minimum atomic E-state index is 0.0566. The number of nitrogens with one attached hydrogen (secondary N) is 1. The summed E-state index contributed by atoms with van der Waals surface area (Å²) < 4.78 is 3.92. The number of rotatable bonds is 6. The van der Waals surface area contributed by atoms with Gasteiger partial charge in [-0.15, -0.1) is 0 Å². The fraction of sp³-hybridized carbons (Fsp3) is 0.350. The lowest BCUT2D eigenvalue weighted by atomic mass is 10.1. The first-order valence-electron chi connectivity index (χ1n) is 9.35. The van der Waals surface area contributed by atoms with Gasteiger partial charge in [-0.25, -0.2) is 4.68 Å². The Morgan fingerprint density at radius 1 is 1.22 bits per heavy atom. The zero-order valence-electron chi connectivity index (χ0n) is 15.5. The van der Waals surface area contributed by atoms with Gasteiger partial charge in [0.15, 0.2) is 0 Å². The number of hydrogen-bond donors (Lipinski definition) is 1. The number of nitrogens with zero attached hydrogens (tertiary/aromatic N) is 5. The van der Waals surface area contributed by atoms with Crippen molar-refractivity contribution in [3.05, 3.63) is 65.7 Å². The maximum absolute atomic E-state index is 11.4. The third kappa shape index (κ3) is 4.09. The first-order chi connectivity index (χ1) is 13.2. The Labute approximate surface area is 158 Å². The van der Waals surface area contributed by atoms with Crippen molar-refractivity contribution in [1.82, 2.24) is 29.8 Å². The van der Waals surface area contributed by atoms with E-state index in [-0.39, 0.29) is 5.91 Å². The van der Waals surface area contributed by atoms with E-state index in [1.807, 2.05) is 23.9 Å². The van der Waals surface area contributed by atoms with Crippen molar-refractivity contribution >= 4 is 5.91 Å². The molecule has 0 fully saturated rings. The van der Waals surface area contributed by atoms with Crippen molar-refractivity contribution in [2.45, 2.75) is 39.5 Å². The molecule has 0 atom stereocenters. The van der Waals surface area contributed by atoms with Gasteiger partial charge in [0.05, 0.1) is 30.2 Å². The molecule has 0 saturated carbocycles. The molecule has 2 aromatic heterocycles. The lowest BCUT2D eigenvalue weighted by molar-refractivity contribution is -0.120. The molecule has 1 aliphatic heterocycles. The smallest absolute Gasteiger partial charge is 0.220 e. The van der Waals surface area contributed by atoms with Gasteiger partial charge in [0.1, 0.15) is 0 Å². The van der Waals surface area contributed by atoms with Crippen LogP contribution in [0.15, 0.2) is 48.8 Å². The van der Waals surface area contributed by atoms with Crippen LogP contribution < -0.4 is 5.32 Å². The highest BCUT2D eigenvalue weighted by Gasteiger charge is 2.18. The molecule has 1 aliphatic rings. The van der Waals surface area contributed by atoms with E-state index >= 15 is 0 Å². The molecule has 0 aliphatic carbocycles. The summed E-state index contributed by atoms with van der Waals surface area (Å²) >= 11 is 0. The van der Waals surface area contributed by atoms with Gasteiger partial charge < -0.3 is 5.32 Å². The van der Waals surface area contributed by atoms with Crippen LogP contribution in [-0.4, -0.2) is 36.9 Å². The largest absolute Gasteiger partial charge is 0.350 e. The summed E-state index contributed by atoms with van der Waals surface area (Å²) in [6.07, 6.45) is 4.23. The number of carbonyl (C=O) groups is 1. The molecule has 1 amide bonds. The molecule has 0 spiro atoms. The molecule has 7 nitrogen and oxygen atoms in total. The standard InChI is InChI=1S/C20H24N6O/c1-2-20(27)21-13-17-12-19-15-24(10-11-26(19)23-17)14-16-4-6-18(7-5-16)25-9-3-8-22-25/h3-9,12H,2,10-11,13-15H2,1H3,(H,21,27). The van der Waals surface area contributed by atoms with Gasteiger partial charge >= 0.3 is 0 Å². The second-order valence-corrected chi connectivity index (χ2v) is 6.81. The first-order valence-corrected chi connectivity index (χ1v) is 9.35. The lowest BCUT2D eigenvalue weighted by Gasteiger charge is -2.27. The van der Waals surface area contributed by atoms with Crippen LogP contribution in [-0.2, 0) is 31.0 Å². The second kappa shape index (κ2) is 7.75. The molecule has 140 valence electrons. The number of aromatic nitrogens is 4. The zero-order chi connectivity index (χ0) is 18.6. The van der Waals surface area contributed by atoms with Crippen LogP contribution in [0.4, 0.5) is 0 Å². The van der Waals surface area contributed by atoms with Crippen LogP contribution in [0.2, 0.25) is 0 Å². The summed E-state index contributed by atoms with van der Waals surface area (Å²) in [7, 11) is 0. The molecule has 3 aromatic rings. The molecule has 1 N–H and O–H groups in total. The second-order valence-electron chi connectivity index (χ2n) is 6.81. The van der Waals surface area contributed by atoms with Gasteiger partial charge in [-0.1, -0.05) is 19.1 Å². The Kier molecular flexibility index (Phi) is 5.02. The summed E-state index contributed by atoms with van der Waals surface area (Å²) in [5.41, 5.74) is 4.49. The fourth-order valence-corrected chi connectivity index (χ4v) is 3.35. The van der Waals surface area contributed by atoms with E-state index in [1.54, 1.807) is 6.20 Å². The SMILES string of the molecule is CCC(=O)NCc1cc2n(n1)CCN(Cc1ccc(-n3cccn3)cc1)C2. The van der Waals surface area contributed by atoms with Crippen molar-refractivity contribution in [2.24, 2.45) is 0 Å². The van der Waals surface area contributed by atoms with E-state index in [2.05, 4.69) is 55.4 Å². The average Bonchev–Trinajstić information content (AvgIpc) is 3.36. The molecule has 1 aromatic carbocycles. The predicted molar refractivity (Wildman–Crippen MR) is 102 cm³/mol. The van der Waals surface area contributed by atoms with Crippen LogP contribution in [0, 0.1) is 0 Å². The maximum atomic E-state index is 11.4. The van der Waals surface area contributed by atoms with Crippen LogP contribution >= 0.6 is 0 Å². The molecule has 7 heteroatoms. The van der Waals surface area contributed by atoms with Gasteiger partial charge in [-0.2, -0.15) is 10.2 Å². The van der Waals surface area contributed by atoms with Crippen LogP contribution in [0.1, 0.15) is 30.3 Å². The monoisotopic (exact) mass is 364 g/mol. The van der Waals surface area contributed by atoms with Gasteiger partial charge in [0.25, 0.3) is 0 Å². The third-order valence-corrected chi connectivity index (χ3v) is 4.83. The number of fused-ring (bicyclic) bond motifs is 1. The van der Waals surface area contributed by atoms with Crippen molar-refractivity contribution in [2.75, 3.05) is 6.54 Å². The summed E-state index contributed by atoms with van der Waals surface area (Å²) in [4.78, 5) is 13.8. The molecular formula is C20H24N6O. The number of carbonyl (C=O) groups excluding carboxylic acids is 1. The Morgan fingerprint density at radius 2 is 2.07 bits per heavy atom. The van der Waals surface area contributed by atoms with E-state index < -0.39 is 0 Å². The van der Waals surface area contributed by atoms with Crippen LogP contribution in [0.5, 0.6) is 0 Å². The highest BCUT2D eigenvalue weighted by Crippen LogP contribution is 2.17. The highest BCUT2D eigenvalue weighted by molar-refractivity contribution is 5.75. The Hall–Kier alpha value is -2.93. The van der Waals surface area contributed by atoms with Crippen LogP contribution in [0.25, 0.3) is 5.69 Å². The predicted octanol–water partition coefficient (Wildman–Crippen LogP) is 2.11.